The lowest BCUT2D eigenvalue weighted by atomic mass is 10.1. The predicted octanol–water partition coefficient (Wildman–Crippen LogP) is 4.64. The van der Waals surface area contributed by atoms with E-state index in [0.717, 1.165) is 35.4 Å². The average Bonchev–Trinajstić information content (AvgIpc) is 3.86. The highest BCUT2D eigenvalue weighted by Crippen LogP contribution is 2.47. The number of carbonyl (C=O) groups is 3. The number of urea groups is 1. The van der Waals surface area contributed by atoms with E-state index < -0.39 is 50.3 Å². The second-order valence-corrected chi connectivity index (χ2v) is 17.6. The average molecular weight is 737 g/mol. The number of benzene rings is 1. The summed E-state index contributed by atoms with van der Waals surface area (Å²) in [6, 6.07) is 5.99. The topological polar surface area (TPSA) is 169 Å². The lowest BCUT2D eigenvalue weighted by Gasteiger charge is -2.27. The number of hydrogen-bond donors (Lipinski definition) is 3. The number of thiazole rings is 1. The van der Waals surface area contributed by atoms with E-state index in [1.165, 1.54) is 16.2 Å². The number of amides is 4. The molecule has 2 aliphatic heterocycles. The number of nitrogens with one attached hydrogen (secondary N) is 3. The predicted molar refractivity (Wildman–Crippen MR) is 193 cm³/mol. The van der Waals surface area contributed by atoms with E-state index in [1.54, 1.807) is 14.0 Å². The van der Waals surface area contributed by atoms with Gasteiger partial charge in [-0.15, -0.1) is 11.3 Å². The van der Waals surface area contributed by atoms with Gasteiger partial charge in [0.05, 0.1) is 29.6 Å². The fraction of sp³-hybridized carbons (Fsp3) is 0.528. The molecule has 7 rings (SSSR count). The molecule has 3 aromatic rings. The van der Waals surface area contributed by atoms with Crippen molar-refractivity contribution in [1.29, 1.82) is 0 Å². The molecule has 2 saturated carbocycles. The molecule has 4 amide bonds. The Hall–Kier alpha value is -4.24. The van der Waals surface area contributed by atoms with Crippen LogP contribution in [0.3, 0.4) is 0 Å². The first-order valence-electron chi connectivity index (χ1n) is 17.5. The maximum absolute atomic E-state index is 14.1. The Morgan fingerprint density at radius 1 is 1.16 bits per heavy atom. The van der Waals surface area contributed by atoms with Crippen molar-refractivity contribution in [2.45, 2.75) is 94.1 Å². The van der Waals surface area contributed by atoms with E-state index >= 15 is 0 Å². The maximum atomic E-state index is 14.1. The normalized spacial score (nSPS) is 26.7. The molecule has 3 fully saturated rings. The van der Waals surface area contributed by atoms with Gasteiger partial charge in [-0.25, -0.2) is 23.2 Å². The molecular weight excluding hydrogens is 693 g/mol. The van der Waals surface area contributed by atoms with Crippen molar-refractivity contribution in [2.24, 2.45) is 5.92 Å². The van der Waals surface area contributed by atoms with Crippen molar-refractivity contribution in [2.75, 3.05) is 20.2 Å². The molecule has 4 atom stereocenters. The molecule has 0 bridgehead atoms. The molecule has 2 aliphatic carbocycles. The Labute approximate surface area is 301 Å². The third kappa shape index (κ3) is 6.89. The van der Waals surface area contributed by atoms with Gasteiger partial charge in [0, 0.05) is 41.8 Å². The van der Waals surface area contributed by atoms with Gasteiger partial charge < -0.3 is 25.0 Å². The Kier molecular flexibility index (Phi) is 9.23. The molecule has 51 heavy (non-hydrogen) atoms. The number of ether oxygens (including phenoxy) is 2. The number of pyridine rings is 1. The molecule has 13 nitrogen and oxygen atoms in total. The van der Waals surface area contributed by atoms with Crippen LogP contribution in [0.2, 0.25) is 0 Å². The summed E-state index contributed by atoms with van der Waals surface area (Å²) in [7, 11) is -2.34. The standard InChI is InChI=1S/C36H44N6O7S2/c1-21(2)28-20-50-32(39-28)27-17-30(25-11-10-23(48-4)15-26(25)38-27)49-24-16-29-31(43)40-36(33(44)41-51(46,47)35(3)12-13-35)18-22(36)9-7-5-6-8-14-37-34(45)42(29)19-24/h7,9-11,15,17,20-22,24,29H,5-6,8,12-14,16,18-19H2,1-4H3,(H,37,45)(H,40,43)(H,41,44)/b9-7+. The van der Waals surface area contributed by atoms with Crippen molar-refractivity contribution in [3.63, 3.8) is 0 Å². The smallest absolute Gasteiger partial charge is 0.318 e. The zero-order valence-corrected chi connectivity index (χ0v) is 30.9. The van der Waals surface area contributed by atoms with Gasteiger partial charge in [0.25, 0.3) is 5.91 Å². The molecule has 0 spiro atoms. The molecule has 4 heterocycles. The second-order valence-electron chi connectivity index (χ2n) is 14.6. The number of nitrogens with zero attached hydrogens (tertiary/aromatic N) is 3. The van der Waals surface area contributed by atoms with Crippen molar-refractivity contribution >= 4 is 50.1 Å². The van der Waals surface area contributed by atoms with Crippen LogP contribution in [-0.2, 0) is 19.6 Å². The number of allylic oxidation sites excluding steroid dienone is 1. The van der Waals surface area contributed by atoms with Crippen LogP contribution in [-0.4, -0.2) is 83.8 Å². The maximum Gasteiger partial charge on any atom is 0.318 e. The minimum Gasteiger partial charge on any atom is -0.497 e. The van der Waals surface area contributed by atoms with Crippen LogP contribution >= 0.6 is 11.3 Å². The zero-order chi connectivity index (χ0) is 36.1. The Balaban J connectivity index is 1.18. The third-order valence-electron chi connectivity index (χ3n) is 10.5. The van der Waals surface area contributed by atoms with Gasteiger partial charge in [0.1, 0.15) is 39.9 Å². The van der Waals surface area contributed by atoms with Gasteiger partial charge in [-0.3, -0.25) is 14.3 Å². The lowest BCUT2D eigenvalue weighted by molar-refractivity contribution is -0.131. The number of methoxy groups -OCH3 is 1. The molecule has 1 aromatic carbocycles. The largest absolute Gasteiger partial charge is 0.497 e. The molecule has 272 valence electrons. The van der Waals surface area contributed by atoms with Gasteiger partial charge in [0.2, 0.25) is 15.9 Å². The molecule has 4 aliphatic rings. The molecular formula is C36H44N6O7S2. The van der Waals surface area contributed by atoms with E-state index in [0.29, 0.717) is 42.1 Å². The van der Waals surface area contributed by atoms with Gasteiger partial charge in [-0.05, 0) is 63.5 Å². The zero-order valence-electron chi connectivity index (χ0n) is 29.2. The second kappa shape index (κ2) is 13.4. The lowest BCUT2D eigenvalue weighted by Crippen LogP contribution is -2.57. The monoisotopic (exact) mass is 736 g/mol. The number of hydrogen-bond acceptors (Lipinski definition) is 10. The van der Waals surface area contributed by atoms with Crippen LogP contribution in [0.25, 0.3) is 21.6 Å². The molecule has 3 N–H and O–H groups in total. The number of sulfonamides is 1. The van der Waals surface area contributed by atoms with Crippen molar-refractivity contribution in [3.8, 4) is 22.2 Å². The highest BCUT2D eigenvalue weighted by molar-refractivity contribution is 7.91. The fourth-order valence-electron chi connectivity index (χ4n) is 6.73. The highest BCUT2D eigenvalue weighted by Gasteiger charge is 2.63. The summed E-state index contributed by atoms with van der Waals surface area (Å²) in [4.78, 5) is 52.5. The van der Waals surface area contributed by atoms with Crippen molar-refractivity contribution < 1.29 is 32.3 Å². The minimum atomic E-state index is -3.93. The first kappa shape index (κ1) is 35.2. The molecule has 0 radical (unpaired) electrons. The summed E-state index contributed by atoms with van der Waals surface area (Å²) in [6.07, 6.45) is 6.89. The van der Waals surface area contributed by atoms with E-state index in [9.17, 15) is 22.8 Å². The number of fused-ring (bicyclic) bond motifs is 3. The highest BCUT2D eigenvalue weighted by atomic mass is 32.2. The van der Waals surface area contributed by atoms with Crippen LogP contribution in [0.5, 0.6) is 11.5 Å². The Morgan fingerprint density at radius 3 is 2.69 bits per heavy atom. The number of carbonyl (C=O) groups excluding carboxylic acids is 3. The Morgan fingerprint density at radius 2 is 1.96 bits per heavy atom. The SMILES string of the molecule is COc1ccc2c(OC3CC4C(=O)NC5(C(=O)NS(=O)(=O)C6(C)CC6)CC5/C=C/CCCCNC(=O)N4C3)cc(-c3nc(C(C)C)cs3)nc2c1. The third-order valence-corrected chi connectivity index (χ3v) is 13.5. The summed E-state index contributed by atoms with van der Waals surface area (Å²) < 4.78 is 39.5. The van der Waals surface area contributed by atoms with Gasteiger partial charge in [-0.2, -0.15) is 0 Å². The van der Waals surface area contributed by atoms with E-state index in [4.69, 9.17) is 19.4 Å². The van der Waals surface area contributed by atoms with Crippen LogP contribution in [0, 0.1) is 5.92 Å². The van der Waals surface area contributed by atoms with Crippen molar-refractivity contribution in [3.05, 3.63) is 47.5 Å². The molecule has 1 saturated heterocycles. The van der Waals surface area contributed by atoms with E-state index in [2.05, 4.69) is 29.2 Å². The van der Waals surface area contributed by atoms with E-state index in [1.807, 2.05) is 41.8 Å². The van der Waals surface area contributed by atoms with Crippen LogP contribution < -0.4 is 24.8 Å². The minimum absolute atomic E-state index is 0.114. The first-order chi connectivity index (χ1) is 24.3. The summed E-state index contributed by atoms with van der Waals surface area (Å²) in [5.41, 5.74) is 0.803. The van der Waals surface area contributed by atoms with E-state index in [-0.39, 0.29) is 31.2 Å². The first-order valence-corrected chi connectivity index (χ1v) is 19.9. The van der Waals surface area contributed by atoms with Gasteiger partial charge >= 0.3 is 6.03 Å². The van der Waals surface area contributed by atoms with Crippen LogP contribution in [0.1, 0.15) is 77.3 Å². The van der Waals surface area contributed by atoms with Crippen LogP contribution in [0.4, 0.5) is 4.79 Å². The van der Waals surface area contributed by atoms with Gasteiger partial charge in [0.15, 0.2) is 0 Å². The summed E-state index contributed by atoms with van der Waals surface area (Å²) in [6.45, 7) is 6.33. The fourth-order valence-corrected chi connectivity index (χ4v) is 8.98. The Bertz CT molecular complexity index is 2010. The molecule has 4 unspecified atom stereocenters. The molecule has 15 heteroatoms. The summed E-state index contributed by atoms with van der Waals surface area (Å²) in [5, 5.41) is 9.34. The quantitative estimate of drug-likeness (QED) is 0.279. The number of rotatable bonds is 8. The van der Waals surface area contributed by atoms with Gasteiger partial charge in [-0.1, -0.05) is 26.0 Å². The summed E-state index contributed by atoms with van der Waals surface area (Å²) >= 11 is 1.50. The number of aromatic nitrogens is 2. The van der Waals surface area contributed by atoms with Crippen LogP contribution in [0.15, 0.2) is 41.8 Å². The van der Waals surface area contributed by atoms with Crippen molar-refractivity contribution in [1.82, 2.24) is 30.2 Å². The molecule has 2 aromatic heterocycles. The summed E-state index contributed by atoms with van der Waals surface area (Å²) in [5.74, 6) is -0.248.